The second-order valence-electron chi connectivity index (χ2n) is 7.73. The quantitative estimate of drug-likeness (QED) is 0.644. The first kappa shape index (κ1) is 20.7. The number of hydrogen-bond donors (Lipinski definition) is 1. The van der Waals surface area contributed by atoms with Gasteiger partial charge in [0, 0.05) is 17.7 Å². The highest BCUT2D eigenvalue weighted by atomic mass is 16.5. The van der Waals surface area contributed by atoms with E-state index in [9.17, 15) is 9.59 Å². The molecule has 4 rings (SSSR count). The number of carbonyl (C=O) groups is 2. The van der Waals surface area contributed by atoms with Crippen molar-refractivity contribution < 1.29 is 18.7 Å². The van der Waals surface area contributed by atoms with Gasteiger partial charge in [-0.15, -0.1) is 0 Å². The Morgan fingerprint density at radius 1 is 1.13 bits per heavy atom. The van der Waals surface area contributed by atoms with Gasteiger partial charge in [-0.25, -0.2) is 0 Å². The minimum atomic E-state index is -0.475. The van der Waals surface area contributed by atoms with Crippen LogP contribution in [0.2, 0.25) is 0 Å². The molecule has 1 aliphatic heterocycles. The van der Waals surface area contributed by atoms with E-state index in [1.807, 2.05) is 61.5 Å². The van der Waals surface area contributed by atoms with E-state index in [2.05, 4.69) is 5.32 Å². The summed E-state index contributed by atoms with van der Waals surface area (Å²) >= 11 is 0. The fourth-order valence-electron chi connectivity index (χ4n) is 4.16. The van der Waals surface area contributed by atoms with Gasteiger partial charge in [-0.2, -0.15) is 0 Å². The number of furan rings is 1. The van der Waals surface area contributed by atoms with Crippen LogP contribution >= 0.6 is 0 Å². The van der Waals surface area contributed by atoms with Crippen molar-refractivity contribution >= 4 is 17.5 Å². The fourth-order valence-corrected chi connectivity index (χ4v) is 4.16. The van der Waals surface area contributed by atoms with Gasteiger partial charge >= 0.3 is 0 Å². The molecule has 1 fully saturated rings. The monoisotopic (exact) mass is 418 g/mol. The third kappa shape index (κ3) is 4.33. The van der Waals surface area contributed by atoms with Crippen LogP contribution in [0.4, 0.5) is 5.69 Å². The SMILES string of the molecule is COc1ccccc1[C@@H]1[C@@H](C(=O)NCc2ccco2)CCC(=O)N1c1ccc(C)cc1. The Labute approximate surface area is 181 Å². The second-order valence-corrected chi connectivity index (χ2v) is 7.73. The predicted molar refractivity (Wildman–Crippen MR) is 118 cm³/mol. The lowest BCUT2D eigenvalue weighted by atomic mass is 9.82. The number of hydrogen-bond acceptors (Lipinski definition) is 4. The molecule has 0 saturated carbocycles. The first-order chi connectivity index (χ1) is 15.1. The van der Waals surface area contributed by atoms with Gasteiger partial charge in [-0.1, -0.05) is 35.9 Å². The van der Waals surface area contributed by atoms with E-state index in [0.29, 0.717) is 30.9 Å². The molecule has 3 aromatic rings. The molecule has 6 heteroatoms. The van der Waals surface area contributed by atoms with Crippen LogP contribution in [-0.4, -0.2) is 18.9 Å². The molecule has 2 aromatic carbocycles. The summed E-state index contributed by atoms with van der Waals surface area (Å²) in [4.78, 5) is 28.1. The van der Waals surface area contributed by atoms with E-state index < -0.39 is 12.0 Å². The maximum absolute atomic E-state index is 13.3. The molecule has 0 spiro atoms. The number of para-hydroxylation sites is 1. The van der Waals surface area contributed by atoms with Gasteiger partial charge < -0.3 is 19.4 Å². The van der Waals surface area contributed by atoms with Crippen LogP contribution in [0.1, 0.15) is 35.8 Å². The summed E-state index contributed by atoms with van der Waals surface area (Å²) in [7, 11) is 1.60. The molecule has 31 heavy (non-hydrogen) atoms. The van der Waals surface area contributed by atoms with E-state index in [1.54, 1.807) is 24.3 Å². The molecule has 160 valence electrons. The van der Waals surface area contributed by atoms with Crippen molar-refractivity contribution in [2.75, 3.05) is 12.0 Å². The molecule has 1 aromatic heterocycles. The van der Waals surface area contributed by atoms with Crippen molar-refractivity contribution in [2.24, 2.45) is 5.92 Å². The van der Waals surface area contributed by atoms with Crippen molar-refractivity contribution in [3.63, 3.8) is 0 Å². The first-order valence-electron chi connectivity index (χ1n) is 10.4. The average Bonchev–Trinajstić information content (AvgIpc) is 3.31. The van der Waals surface area contributed by atoms with Crippen molar-refractivity contribution in [3.05, 3.63) is 83.8 Å². The standard InChI is InChI=1S/C25H26N2O4/c1-17-9-11-18(12-10-17)27-23(28)14-13-21(25(29)26-16-19-6-5-15-31-19)24(27)20-7-3-4-8-22(20)30-2/h3-12,15,21,24H,13-14,16H2,1-2H3,(H,26,29)/t21-,24+/m0/s1. The molecule has 0 bridgehead atoms. The molecule has 1 saturated heterocycles. The minimum Gasteiger partial charge on any atom is -0.496 e. The van der Waals surface area contributed by atoms with E-state index in [4.69, 9.17) is 9.15 Å². The summed E-state index contributed by atoms with van der Waals surface area (Å²) in [5.41, 5.74) is 2.70. The largest absolute Gasteiger partial charge is 0.496 e. The normalized spacial score (nSPS) is 18.6. The summed E-state index contributed by atoms with van der Waals surface area (Å²) < 4.78 is 10.9. The van der Waals surface area contributed by atoms with Gasteiger partial charge in [-0.3, -0.25) is 9.59 Å². The molecule has 2 atom stereocenters. The van der Waals surface area contributed by atoms with E-state index in [0.717, 1.165) is 16.8 Å². The smallest absolute Gasteiger partial charge is 0.227 e. The zero-order chi connectivity index (χ0) is 21.8. The zero-order valence-electron chi connectivity index (χ0n) is 17.7. The Hall–Kier alpha value is -3.54. The van der Waals surface area contributed by atoms with Gasteiger partial charge in [-0.05, 0) is 43.7 Å². The van der Waals surface area contributed by atoms with E-state index >= 15 is 0 Å². The number of nitrogens with zero attached hydrogens (tertiary/aromatic N) is 1. The van der Waals surface area contributed by atoms with Crippen LogP contribution < -0.4 is 15.0 Å². The topological polar surface area (TPSA) is 71.8 Å². The molecule has 1 aliphatic rings. The highest BCUT2D eigenvalue weighted by Crippen LogP contribution is 2.43. The minimum absolute atomic E-state index is 0.00477. The Morgan fingerprint density at radius 2 is 1.90 bits per heavy atom. The Morgan fingerprint density at radius 3 is 2.61 bits per heavy atom. The van der Waals surface area contributed by atoms with Crippen LogP contribution in [-0.2, 0) is 16.1 Å². The predicted octanol–water partition coefficient (Wildman–Crippen LogP) is 4.40. The van der Waals surface area contributed by atoms with E-state index in [-0.39, 0.29) is 11.8 Å². The number of aryl methyl sites for hydroxylation is 1. The number of anilines is 1. The summed E-state index contributed by atoms with van der Waals surface area (Å²) in [6.45, 7) is 2.31. The molecule has 0 aliphatic carbocycles. The average molecular weight is 418 g/mol. The van der Waals surface area contributed by atoms with Gasteiger partial charge in [0.15, 0.2) is 0 Å². The second kappa shape index (κ2) is 9.08. The lowest BCUT2D eigenvalue weighted by molar-refractivity contribution is -0.129. The number of amides is 2. The summed E-state index contributed by atoms with van der Waals surface area (Å²) in [6, 6.07) is 18.5. The molecular weight excluding hydrogens is 392 g/mol. The van der Waals surface area contributed by atoms with Crippen LogP contribution in [0.3, 0.4) is 0 Å². The summed E-state index contributed by atoms with van der Waals surface area (Å²) in [5, 5.41) is 2.98. The van der Waals surface area contributed by atoms with Crippen molar-refractivity contribution in [2.45, 2.75) is 32.4 Å². The fraction of sp³-hybridized carbons (Fsp3) is 0.280. The summed E-state index contributed by atoms with van der Waals surface area (Å²) in [5.74, 6) is 0.796. The molecule has 2 heterocycles. The molecule has 2 amide bonds. The maximum atomic E-state index is 13.3. The number of nitrogens with one attached hydrogen (secondary N) is 1. The van der Waals surface area contributed by atoms with Crippen molar-refractivity contribution in [1.29, 1.82) is 0 Å². The number of ether oxygens (including phenoxy) is 1. The lowest BCUT2D eigenvalue weighted by Gasteiger charge is -2.41. The number of carbonyl (C=O) groups excluding carboxylic acids is 2. The lowest BCUT2D eigenvalue weighted by Crippen LogP contribution is -2.48. The van der Waals surface area contributed by atoms with Crippen LogP contribution in [0.25, 0.3) is 0 Å². The summed E-state index contributed by atoms with van der Waals surface area (Å²) in [6.07, 6.45) is 2.35. The third-order valence-corrected chi connectivity index (χ3v) is 5.72. The van der Waals surface area contributed by atoms with Crippen molar-refractivity contribution in [3.8, 4) is 5.75 Å². The highest BCUT2D eigenvalue weighted by Gasteiger charge is 2.42. The van der Waals surface area contributed by atoms with Crippen LogP contribution in [0.15, 0.2) is 71.3 Å². The molecule has 6 nitrogen and oxygen atoms in total. The Balaban J connectivity index is 1.73. The van der Waals surface area contributed by atoms with Crippen molar-refractivity contribution in [1.82, 2.24) is 5.32 Å². The third-order valence-electron chi connectivity index (χ3n) is 5.72. The zero-order valence-corrected chi connectivity index (χ0v) is 17.7. The molecule has 1 N–H and O–H groups in total. The van der Waals surface area contributed by atoms with Gasteiger partial charge in [0.2, 0.25) is 11.8 Å². The van der Waals surface area contributed by atoms with Crippen LogP contribution in [0.5, 0.6) is 5.75 Å². The Bertz CT molecular complexity index is 1040. The van der Waals surface area contributed by atoms with Gasteiger partial charge in [0.05, 0.1) is 31.9 Å². The number of rotatable bonds is 6. The maximum Gasteiger partial charge on any atom is 0.227 e. The highest BCUT2D eigenvalue weighted by molar-refractivity contribution is 5.97. The van der Waals surface area contributed by atoms with E-state index in [1.165, 1.54) is 0 Å². The molecular formula is C25H26N2O4. The molecule has 0 unspecified atom stereocenters. The molecule has 0 radical (unpaired) electrons. The van der Waals surface area contributed by atoms with Gasteiger partial charge in [0.1, 0.15) is 11.5 Å². The van der Waals surface area contributed by atoms with Gasteiger partial charge in [0.25, 0.3) is 0 Å². The number of piperidine rings is 1. The Kier molecular flexibility index (Phi) is 6.07. The number of benzene rings is 2. The first-order valence-corrected chi connectivity index (χ1v) is 10.4. The van der Waals surface area contributed by atoms with Crippen LogP contribution in [0, 0.1) is 12.8 Å². The number of methoxy groups -OCH3 is 1.